The fourth-order valence-corrected chi connectivity index (χ4v) is 2.12. The van der Waals surface area contributed by atoms with Crippen molar-refractivity contribution in [3.63, 3.8) is 0 Å². The Morgan fingerprint density at radius 2 is 2.17 bits per heavy atom. The van der Waals surface area contributed by atoms with Crippen molar-refractivity contribution in [1.82, 2.24) is 4.98 Å². The lowest BCUT2D eigenvalue weighted by Crippen LogP contribution is -2.04. The Morgan fingerprint density at radius 1 is 1.44 bits per heavy atom. The first kappa shape index (κ1) is 12.4. The van der Waals surface area contributed by atoms with Gasteiger partial charge in [0.2, 0.25) is 0 Å². The van der Waals surface area contributed by atoms with E-state index in [2.05, 4.69) is 10.3 Å². The number of hydrogen-bond donors (Lipinski definition) is 2. The van der Waals surface area contributed by atoms with Crippen LogP contribution in [0.5, 0.6) is 5.75 Å². The second-order valence-corrected chi connectivity index (χ2v) is 4.39. The van der Waals surface area contributed by atoms with Crippen molar-refractivity contribution in [2.45, 2.75) is 6.54 Å². The number of nitrogens with zero attached hydrogens (tertiary/aromatic N) is 1. The molecule has 1 heterocycles. The number of rotatable bonds is 5. The topological polar surface area (TPSA) is 71.5 Å². The van der Waals surface area contributed by atoms with Gasteiger partial charge < -0.3 is 15.2 Å². The van der Waals surface area contributed by atoms with E-state index in [4.69, 9.17) is 9.84 Å². The summed E-state index contributed by atoms with van der Waals surface area (Å²) in [5, 5.41) is 12.5. The molecular formula is C12H12N2O3S. The molecule has 0 unspecified atom stereocenters. The number of ether oxygens (including phenoxy) is 1. The summed E-state index contributed by atoms with van der Waals surface area (Å²) in [6, 6.07) is 7.57. The van der Waals surface area contributed by atoms with Gasteiger partial charge in [-0.15, -0.1) is 11.3 Å². The molecule has 0 bridgehead atoms. The molecule has 0 saturated carbocycles. The Kier molecular flexibility index (Phi) is 3.78. The number of thiazole rings is 1. The van der Waals surface area contributed by atoms with E-state index in [-0.39, 0.29) is 5.69 Å². The monoisotopic (exact) mass is 264 g/mol. The third-order valence-electron chi connectivity index (χ3n) is 2.38. The third-order valence-corrected chi connectivity index (χ3v) is 3.17. The van der Waals surface area contributed by atoms with Crippen LogP contribution in [-0.2, 0) is 6.54 Å². The lowest BCUT2D eigenvalue weighted by molar-refractivity contribution is 0.0692. The van der Waals surface area contributed by atoms with Crippen LogP contribution in [0, 0.1) is 0 Å². The van der Waals surface area contributed by atoms with Crippen molar-refractivity contribution in [2.75, 3.05) is 12.4 Å². The zero-order valence-electron chi connectivity index (χ0n) is 9.71. The van der Waals surface area contributed by atoms with Gasteiger partial charge in [-0.3, -0.25) is 0 Å². The van der Waals surface area contributed by atoms with E-state index in [0.717, 1.165) is 11.3 Å². The molecule has 6 heteroatoms. The maximum atomic E-state index is 10.9. The SMILES string of the molecule is COc1ccc(CNc2scnc2C(=O)O)cc1. The molecule has 0 spiro atoms. The zero-order chi connectivity index (χ0) is 13.0. The average molecular weight is 264 g/mol. The summed E-state index contributed by atoms with van der Waals surface area (Å²) in [5.74, 6) is -0.226. The summed E-state index contributed by atoms with van der Waals surface area (Å²) < 4.78 is 5.06. The van der Waals surface area contributed by atoms with E-state index in [1.807, 2.05) is 24.3 Å². The molecule has 0 amide bonds. The summed E-state index contributed by atoms with van der Waals surface area (Å²) in [7, 11) is 1.61. The molecule has 0 aliphatic heterocycles. The minimum Gasteiger partial charge on any atom is -0.497 e. The molecular weight excluding hydrogens is 252 g/mol. The van der Waals surface area contributed by atoms with Gasteiger partial charge in [0.25, 0.3) is 0 Å². The lowest BCUT2D eigenvalue weighted by atomic mass is 10.2. The number of carbonyl (C=O) groups is 1. The highest BCUT2D eigenvalue weighted by Gasteiger charge is 2.12. The van der Waals surface area contributed by atoms with E-state index in [1.54, 1.807) is 7.11 Å². The second kappa shape index (κ2) is 5.50. The predicted molar refractivity (Wildman–Crippen MR) is 69.4 cm³/mol. The van der Waals surface area contributed by atoms with Gasteiger partial charge in [0.05, 0.1) is 12.6 Å². The summed E-state index contributed by atoms with van der Waals surface area (Å²) in [5.41, 5.74) is 2.62. The first-order chi connectivity index (χ1) is 8.70. The first-order valence-corrected chi connectivity index (χ1v) is 6.12. The van der Waals surface area contributed by atoms with E-state index in [1.165, 1.54) is 16.8 Å². The minimum atomic E-state index is -1.02. The molecule has 5 nitrogen and oxygen atoms in total. The molecule has 0 radical (unpaired) electrons. The average Bonchev–Trinajstić information content (AvgIpc) is 2.85. The van der Waals surface area contributed by atoms with Crippen molar-refractivity contribution in [1.29, 1.82) is 0 Å². The van der Waals surface area contributed by atoms with Crippen LogP contribution < -0.4 is 10.1 Å². The van der Waals surface area contributed by atoms with Gasteiger partial charge in [0.1, 0.15) is 10.8 Å². The van der Waals surface area contributed by atoms with Gasteiger partial charge in [-0.05, 0) is 17.7 Å². The molecule has 0 atom stereocenters. The molecule has 0 aliphatic rings. The molecule has 1 aromatic carbocycles. The largest absolute Gasteiger partial charge is 0.497 e. The summed E-state index contributed by atoms with van der Waals surface area (Å²) in [6.07, 6.45) is 0. The van der Waals surface area contributed by atoms with E-state index in [0.29, 0.717) is 11.5 Å². The Bertz CT molecular complexity index is 537. The third kappa shape index (κ3) is 2.78. The number of carboxylic acid groups (broad SMARTS) is 1. The van der Waals surface area contributed by atoms with Gasteiger partial charge in [-0.25, -0.2) is 9.78 Å². The fraction of sp³-hybridized carbons (Fsp3) is 0.167. The number of carboxylic acids is 1. The second-order valence-electron chi connectivity index (χ2n) is 3.54. The predicted octanol–water partition coefficient (Wildman–Crippen LogP) is 2.46. The zero-order valence-corrected chi connectivity index (χ0v) is 10.5. The molecule has 2 aromatic rings. The normalized spacial score (nSPS) is 10.1. The minimum absolute atomic E-state index is 0.0634. The maximum absolute atomic E-state index is 10.9. The van der Waals surface area contributed by atoms with Gasteiger partial charge >= 0.3 is 5.97 Å². The van der Waals surface area contributed by atoms with E-state index in [9.17, 15) is 4.79 Å². The number of anilines is 1. The van der Waals surface area contributed by atoms with Crippen LogP contribution in [0.1, 0.15) is 16.1 Å². The molecule has 1 aromatic heterocycles. The van der Waals surface area contributed by atoms with Crippen molar-refractivity contribution in [3.05, 3.63) is 41.0 Å². The number of benzene rings is 1. The maximum Gasteiger partial charge on any atom is 0.357 e. The fourth-order valence-electron chi connectivity index (χ4n) is 1.45. The van der Waals surface area contributed by atoms with Gasteiger partial charge in [0.15, 0.2) is 5.69 Å². The number of aromatic carboxylic acids is 1. The first-order valence-electron chi connectivity index (χ1n) is 5.24. The van der Waals surface area contributed by atoms with Gasteiger partial charge in [-0.2, -0.15) is 0 Å². The summed E-state index contributed by atoms with van der Waals surface area (Å²) in [6.45, 7) is 0.548. The number of methoxy groups -OCH3 is 1. The Hall–Kier alpha value is -2.08. The number of hydrogen-bond acceptors (Lipinski definition) is 5. The van der Waals surface area contributed by atoms with Crippen LogP contribution in [0.4, 0.5) is 5.00 Å². The van der Waals surface area contributed by atoms with E-state index < -0.39 is 5.97 Å². The highest BCUT2D eigenvalue weighted by Crippen LogP contribution is 2.21. The van der Waals surface area contributed by atoms with Crippen molar-refractivity contribution in [2.24, 2.45) is 0 Å². The number of nitrogens with one attached hydrogen (secondary N) is 1. The molecule has 2 N–H and O–H groups in total. The highest BCUT2D eigenvalue weighted by molar-refractivity contribution is 7.14. The Morgan fingerprint density at radius 3 is 2.78 bits per heavy atom. The van der Waals surface area contributed by atoms with Crippen molar-refractivity contribution >= 4 is 22.3 Å². The van der Waals surface area contributed by atoms with Gasteiger partial charge in [-0.1, -0.05) is 12.1 Å². The molecule has 94 valence electrons. The van der Waals surface area contributed by atoms with Crippen LogP contribution in [0.2, 0.25) is 0 Å². The van der Waals surface area contributed by atoms with E-state index >= 15 is 0 Å². The van der Waals surface area contributed by atoms with Crippen LogP contribution in [0.15, 0.2) is 29.8 Å². The Labute approximate surface area is 108 Å². The summed E-state index contributed by atoms with van der Waals surface area (Å²) in [4.78, 5) is 14.7. The molecule has 2 rings (SSSR count). The summed E-state index contributed by atoms with van der Waals surface area (Å²) >= 11 is 1.28. The van der Waals surface area contributed by atoms with Crippen LogP contribution >= 0.6 is 11.3 Å². The number of aromatic nitrogens is 1. The van der Waals surface area contributed by atoms with Crippen LogP contribution in [-0.4, -0.2) is 23.2 Å². The molecule has 0 fully saturated rings. The highest BCUT2D eigenvalue weighted by atomic mass is 32.1. The molecule has 18 heavy (non-hydrogen) atoms. The van der Waals surface area contributed by atoms with Crippen molar-refractivity contribution < 1.29 is 14.6 Å². The molecule has 0 saturated heterocycles. The quantitative estimate of drug-likeness (QED) is 0.868. The van der Waals surface area contributed by atoms with Crippen molar-refractivity contribution in [3.8, 4) is 5.75 Å². The lowest BCUT2D eigenvalue weighted by Gasteiger charge is -2.05. The van der Waals surface area contributed by atoms with Crippen LogP contribution in [0.25, 0.3) is 0 Å². The van der Waals surface area contributed by atoms with Crippen LogP contribution in [0.3, 0.4) is 0 Å². The Balaban J connectivity index is 2.02. The standard InChI is InChI=1S/C12H12N2O3S/c1-17-9-4-2-8(3-5-9)6-13-11-10(12(15)16)14-7-18-11/h2-5,7,13H,6H2,1H3,(H,15,16). The van der Waals surface area contributed by atoms with Gasteiger partial charge in [0, 0.05) is 6.54 Å². The molecule has 0 aliphatic carbocycles. The smallest absolute Gasteiger partial charge is 0.357 e.